The lowest BCUT2D eigenvalue weighted by molar-refractivity contribution is -0.116. The molecule has 0 aliphatic carbocycles. The number of anilines is 1. The van der Waals surface area contributed by atoms with Crippen LogP contribution in [0.5, 0.6) is 5.75 Å². The minimum absolute atomic E-state index is 0.0652. The lowest BCUT2D eigenvalue weighted by Crippen LogP contribution is -2.26. The first kappa shape index (κ1) is 17.1. The Kier molecular flexibility index (Phi) is 4.02. The molecular weight excluding hydrogens is 354 g/mol. The summed E-state index contributed by atoms with van der Waals surface area (Å²) in [6.07, 6.45) is 0.827. The molecule has 4 rings (SSSR count). The van der Waals surface area contributed by atoms with Crippen LogP contribution in [0.3, 0.4) is 0 Å². The van der Waals surface area contributed by atoms with Crippen LogP contribution in [0.15, 0.2) is 24.3 Å². The summed E-state index contributed by atoms with van der Waals surface area (Å²) in [5.74, 6) is 1.31. The van der Waals surface area contributed by atoms with Gasteiger partial charge in [-0.05, 0) is 19.4 Å². The van der Waals surface area contributed by atoms with E-state index in [1.54, 1.807) is 11.8 Å². The number of hydrogen-bond donors (Lipinski definition) is 1. The highest BCUT2D eigenvalue weighted by Crippen LogP contribution is 2.43. The number of carbonyl (C=O) groups excluding carboxylic acids is 1. The molecule has 8 heteroatoms. The van der Waals surface area contributed by atoms with E-state index in [4.69, 9.17) is 4.74 Å². The minimum Gasteiger partial charge on any atom is -0.496 e. The molecule has 2 atom stereocenters. The number of nitrogens with one attached hydrogen (secondary N) is 1. The van der Waals surface area contributed by atoms with Crippen LogP contribution >= 0.6 is 0 Å². The highest BCUT2D eigenvalue weighted by molar-refractivity contribution is 7.91. The maximum atomic E-state index is 12.4. The first-order valence-corrected chi connectivity index (χ1v) is 10.4. The van der Waals surface area contributed by atoms with Gasteiger partial charge in [-0.25, -0.2) is 13.1 Å². The van der Waals surface area contributed by atoms with E-state index in [1.807, 2.05) is 31.2 Å². The molecule has 1 fully saturated rings. The third-order valence-electron chi connectivity index (χ3n) is 5.20. The largest absolute Gasteiger partial charge is 0.496 e. The molecule has 2 unspecified atom stereocenters. The van der Waals surface area contributed by atoms with Crippen molar-refractivity contribution in [3.05, 3.63) is 41.1 Å². The standard InChI is InChI=1S/C18H21N3O4S/c1-11-17-14(13-5-3-4-6-15(13)25-2)9-16(22)19-18(17)21(20-11)12-7-8-26(23,24)10-12/h3-6,12,14H,7-10H2,1-2H3,(H,19,22). The van der Waals surface area contributed by atoms with E-state index in [9.17, 15) is 13.2 Å². The predicted molar refractivity (Wildman–Crippen MR) is 97.4 cm³/mol. The Hall–Kier alpha value is -2.35. The van der Waals surface area contributed by atoms with Crippen LogP contribution in [0.25, 0.3) is 0 Å². The number of aromatic nitrogens is 2. The first-order valence-electron chi connectivity index (χ1n) is 8.62. The van der Waals surface area contributed by atoms with Crippen molar-refractivity contribution in [1.82, 2.24) is 9.78 Å². The summed E-state index contributed by atoms with van der Waals surface area (Å²) in [4.78, 5) is 12.4. The number of rotatable bonds is 3. The van der Waals surface area contributed by atoms with Gasteiger partial charge in [-0.1, -0.05) is 18.2 Å². The molecule has 0 bridgehead atoms. The van der Waals surface area contributed by atoms with E-state index in [0.717, 1.165) is 22.6 Å². The topological polar surface area (TPSA) is 90.3 Å². The van der Waals surface area contributed by atoms with Crippen molar-refractivity contribution < 1.29 is 17.9 Å². The average molecular weight is 375 g/mol. The van der Waals surface area contributed by atoms with Crippen LogP contribution in [-0.4, -0.2) is 42.7 Å². The number of hydrogen-bond acceptors (Lipinski definition) is 5. The molecule has 138 valence electrons. The molecule has 0 radical (unpaired) electrons. The lowest BCUT2D eigenvalue weighted by atomic mass is 9.85. The lowest BCUT2D eigenvalue weighted by Gasteiger charge is -2.26. The molecule has 2 aromatic rings. The number of aryl methyl sites for hydroxylation is 1. The number of para-hydroxylation sites is 1. The van der Waals surface area contributed by atoms with E-state index in [2.05, 4.69) is 10.4 Å². The zero-order chi connectivity index (χ0) is 18.5. The van der Waals surface area contributed by atoms with Crippen molar-refractivity contribution in [2.45, 2.75) is 31.7 Å². The SMILES string of the molecule is COc1ccccc1C1CC(=O)Nc2c1c(C)nn2C1CCS(=O)(=O)C1. The van der Waals surface area contributed by atoms with Crippen LogP contribution in [0, 0.1) is 6.92 Å². The molecule has 1 amide bonds. The number of benzene rings is 1. The smallest absolute Gasteiger partial charge is 0.226 e. The number of fused-ring (bicyclic) bond motifs is 1. The minimum atomic E-state index is -3.04. The number of amides is 1. The molecule has 0 spiro atoms. The fraction of sp³-hybridized carbons (Fsp3) is 0.444. The molecule has 1 saturated heterocycles. The van der Waals surface area contributed by atoms with Gasteiger partial charge in [0.05, 0.1) is 30.4 Å². The number of carbonyl (C=O) groups is 1. The van der Waals surface area contributed by atoms with Crippen molar-refractivity contribution in [2.24, 2.45) is 0 Å². The summed E-state index contributed by atoms with van der Waals surface area (Å²) < 4.78 is 30.9. The molecule has 0 saturated carbocycles. The van der Waals surface area contributed by atoms with Crippen molar-refractivity contribution in [1.29, 1.82) is 0 Å². The van der Waals surface area contributed by atoms with Gasteiger partial charge in [0.25, 0.3) is 0 Å². The second-order valence-corrected chi connectivity index (χ2v) is 9.12. The van der Waals surface area contributed by atoms with Crippen molar-refractivity contribution in [2.75, 3.05) is 23.9 Å². The van der Waals surface area contributed by atoms with Crippen molar-refractivity contribution >= 4 is 21.6 Å². The van der Waals surface area contributed by atoms with Gasteiger partial charge in [0.15, 0.2) is 9.84 Å². The third kappa shape index (κ3) is 2.78. The van der Waals surface area contributed by atoms with Gasteiger partial charge in [-0.3, -0.25) is 4.79 Å². The molecule has 2 aliphatic heterocycles. The Labute approximate surface area is 152 Å². The number of sulfone groups is 1. The first-order chi connectivity index (χ1) is 12.4. The molecule has 2 aliphatic rings. The normalized spacial score (nSPS) is 24.2. The molecule has 7 nitrogen and oxygen atoms in total. The monoisotopic (exact) mass is 375 g/mol. The third-order valence-corrected chi connectivity index (χ3v) is 6.95. The van der Waals surface area contributed by atoms with Crippen LogP contribution in [0.4, 0.5) is 5.82 Å². The zero-order valence-corrected chi connectivity index (χ0v) is 15.5. The van der Waals surface area contributed by atoms with E-state index in [0.29, 0.717) is 18.7 Å². The van der Waals surface area contributed by atoms with Crippen molar-refractivity contribution in [3.8, 4) is 5.75 Å². The van der Waals surface area contributed by atoms with Gasteiger partial charge in [0.2, 0.25) is 5.91 Å². The highest BCUT2D eigenvalue weighted by Gasteiger charge is 2.37. The van der Waals surface area contributed by atoms with E-state index >= 15 is 0 Å². The number of ether oxygens (including phenoxy) is 1. The fourth-order valence-electron chi connectivity index (χ4n) is 4.02. The van der Waals surface area contributed by atoms with Crippen LogP contribution < -0.4 is 10.1 Å². The summed E-state index contributed by atoms with van der Waals surface area (Å²) >= 11 is 0. The van der Waals surface area contributed by atoms with Gasteiger partial charge < -0.3 is 10.1 Å². The van der Waals surface area contributed by atoms with Crippen LogP contribution in [-0.2, 0) is 14.6 Å². The van der Waals surface area contributed by atoms with Crippen LogP contribution in [0.1, 0.15) is 41.6 Å². The van der Waals surface area contributed by atoms with Gasteiger partial charge in [0, 0.05) is 23.5 Å². The summed E-state index contributed by atoms with van der Waals surface area (Å²) in [5.41, 5.74) is 2.69. The van der Waals surface area contributed by atoms with Gasteiger partial charge in [-0.15, -0.1) is 0 Å². The van der Waals surface area contributed by atoms with E-state index < -0.39 is 9.84 Å². The number of methoxy groups -OCH3 is 1. The Balaban J connectivity index is 1.83. The second-order valence-electron chi connectivity index (χ2n) is 6.90. The maximum absolute atomic E-state index is 12.4. The molecule has 26 heavy (non-hydrogen) atoms. The average Bonchev–Trinajstić information content (AvgIpc) is 3.13. The molecule has 3 heterocycles. The molecule has 1 N–H and O–H groups in total. The number of nitrogens with zero attached hydrogens (tertiary/aromatic N) is 2. The highest BCUT2D eigenvalue weighted by atomic mass is 32.2. The maximum Gasteiger partial charge on any atom is 0.226 e. The molecular formula is C18H21N3O4S. The second kappa shape index (κ2) is 6.12. The summed E-state index contributed by atoms with van der Waals surface area (Å²) in [6.45, 7) is 1.90. The summed E-state index contributed by atoms with van der Waals surface area (Å²) in [5, 5.41) is 7.52. The van der Waals surface area contributed by atoms with E-state index in [1.165, 1.54) is 0 Å². The predicted octanol–water partition coefficient (Wildman–Crippen LogP) is 2.03. The Morgan fingerprint density at radius 2 is 2.08 bits per heavy atom. The van der Waals surface area contributed by atoms with Gasteiger partial charge in [-0.2, -0.15) is 5.10 Å². The summed E-state index contributed by atoms with van der Waals surface area (Å²) in [6, 6.07) is 7.42. The fourth-order valence-corrected chi connectivity index (χ4v) is 5.72. The quantitative estimate of drug-likeness (QED) is 0.886. The van der Waals surface area contributed by atoms with Gasteiger partial charge >= 0.3 is 0 Å². The molecule has 1 aromatic carbocycles. The Morgan fingerprint density at radius 3 is 2.77 bits per heavy atom. The van der Waals surface area contributed by atoms with Crippen LogP contribution in [0.2, 0.25) is 0 Å². The Bertz CT molecular complexity index is 980. The molecule has 1 aromatic heterocycles. The Morgan fingerprint density at radius 1 is 1.31 bits per heavy atom. The van der Waals surface area contributed by atoms with Gasteiger partial charge in [0.1, 0.15) is 11.6 Å². The zero-order valence-electron chi connectivity index (χ0n) is 14.7. The van der Waals surface area contributed by atoms with Crippen molar-refractivity contribution in [3.63, 3.8) is 0 Å². The summed E-state index contributed by atoms with van der Waals surface area (Å²) in [7, 11) is -1.43. The van der Waals surface area contributed by atoms with E-state index in [-0.39, 0.29) is 29.4 Å².